The number of nitrogens with one attached hydrogen (secondary N) is 1. The zero-order valence-corrected chi connectivity index (χ0v) is 21.3. The first-order valence-corrected chi connectivity index (χ1v) is 13.7. The van der Waals surface area contributed by atoms with E-state index in [2.05, 4.69) is 38.1 Å². The molecule has 1 aromatic carbocycles. The van der Waals surface area contributed by atoms with E-state index in [0.717, 1.165) is 72.9 Å². The smallest absolute Gasteiger partial charge is 0.330 e. The highest BCUT2D eigenvalue weighted by Gasteiger charge is 2.40. The lowest BCUT2D eigenvalue weighted by Crippen LogP contribution is -2.43. The first-order chi connectivity index (χ1) is 17.6. The number of thioether (sulfide) groups is 1. The number of carbonyl (C=O) groups excluding carboxylic acids is 2. The maximum atomic E-state index is 13.2. The highest BCUT2D eigenvalue weighted by molar-refractivity contribution is 8.18. The van der Waals surface area contributed by atoms with Crippen molar-refractivity contribution in [3.8, 4) is 0 Å². The molecule has 4 heterocycles. The fourth-order valence-corrected chi connectivity index (χ4v) is 5.85. The highest BCUT2D eigenvalue weighted by atomic mass is 32.2. The molecule has 9 nitrogen and oxygen atoms in total. The first kappa shape index (κ1) is 23.4. The summed E-state index contributed by atoms with van der Waals surface area (Å²) in [4.78, 5) is 39.8. The van der Waals surface area contributed by atoms with Crippen molar-refractivity contribution >= 4 is 62.9 Å². The summed E-state index contributed by atoms with van der Waals surface area (Å²) in [6, 6.07) is 7.79. The van der Waals surface area contributed by atoms with Gasteiger partial charge < -0.3 is 14.6 Å². The molecular formula is C25H26N6O3S2. The van der Waals surface area contributed by atoms with Crippen LogP contribution in [0, 0.1) is 0 Å². The number of imide groups is 1. The van der Waals surface area contributed by atoms with Crippen LogP contribution in [-0.4, -0.2) is 75.3 Å². The molecule has 0 radical (unpaired) electrons. The summed E-state index contributed by atoms with van der Waals surface area (Å²) < 4.78 is 7.69. The third kappa shape index (κ3) is 5.10. The van der Waals surface area contributed by atoms with Crippen LogP contribution >= 0.6 is 23.1 Å². The Morgan fingerprint density at radius 2 is 2.08 bits per heavy atom. The van der Waals surface area contributed by atoms with Gasteiger partial charge in [0.15, 0.2) is 5.17 Å². The lowest BCUT2D eigenvalue weighted by atomic mass is 10.2. The number of fused-ring (bicyclic) bond motifs is 1. The van der Waals surface area contributed by atoms with Gasteiger partial charge in [-0.15, -0.1) is 11.3 Å². The number of hydrogen-bond acceptors (Lipinski definition) is 8. The van der Waals surface area contributed by atoms with Gasteiger partial charge in [0.25, 0.3) is 5.91 Å². The number of morpholine rings is 1. The number of rotatable bonds is 6. The molecule has 2 aromatic heterocycles. The van der Waals surface area contributed by atoms with E-state index in [1.54, 1.807) is 17.8 Å². The van der Waals surface area contributed by atoms with Crippen LogP contribution in [-0.2, 0) is 16.1 Å². The predicted octanol–water partition coefficient (Wildman–Crippen LogP) is 3.91. The molecule has 0 bridgehead atoms. The summed E-state index contributed by atoms with van der Waals surface area (Å²) in [6.45, 7) is 5.43. The Morgan fingerprint density at radius 1 is 1.22 bits per heavy atom. The van der Waals surface area contributed by atoms with Crippen LogP contribution in [0.4, 0.5) is 10.5 Å². The molecule has 3 aromatic rings. The quantitative estimate of drug-likeness (QED) is 0.494. The fraction of sp³-hybridized carbons (Fsp3) is 0.360. The van der Waals surface area contributed by atoms with E-state index in [0.29, 0.717) is 15.8 Å². The predicted molar refractivity (Wildman–Crippen MR) is 142 cm³/mol. The molecule has 1 aliphatic carbocycles. The van der Waals surface area contributed by atoms with Gasteiger partial charge in [-0.3, -0.25) is 14.7 Å². The number of ether oxygens (including phenoxy) is 1. The van der Waals surface area contributed by atoms with Crippen LogP contribution in [0.2, 0.25) is 0 Å². The van der Waals surface area contributed by atoms with Crippen LogP contribution in [0.1, 0.15) is 17.7 Å². The number of amides is 3. The van der Waals surface area contributed by atoms with E-state index < -0.39 is 6.03 Å². The van der Waals surface area contributed by atoms with Crippen LogP contribution < -0.4 is 5.32 Å². The molecule has 0 atom stereocenters. The second kappa shape index (κ2) is 10.2. The van der Waals surface area contributed by atoms with E-state index >= 15 is 0 Å². The molecule has 6 rings (SSSR count). The molecular weight excluding hydrogens is 496 g/mol. The number of nitrogens with zero attached hydrogens (tertiary/aromatic N) is 5. The Kier molecular flexibility index (Phi) is 6.61. The van der Waals surface area contributed by atoms with Gasteiger partial charge in [0, 0.05) is 60.4 Å². The largest absolute Gasteiger partial charge is 0.379 e. The molecule has 0 unspecified atom stereocenters. The van der Waals surface area contributed by atoms with Crippen molar-refractivity contribution in [3.05, 3.63) is 52.0 Å². The van der Waals surface area contributed by atoms with Gasteiger partial charge in [0.1, 0.15) is 0 Å². The molecule has 0 spiro atoms. The maximum absolute atomic E-state index is 13.2. The molecule has 2 aliphatic heterocycles. The summed E-state index contributed by atoms with van der Waals surface area (Å²) in [6.07, 6.45) is 7.45. The lowest BCUT2D eigenvalue weighted by Gasteiger charge is -2.26. The summed E-state index contributed by atoms with van der Waals surface area (Å²) >= 11 is 2.66. The molecule has 3 amide bonds. The molecule has 2 saturated heterocycles. The van der Waals surface area contributed by atoms with Crippen molar-refractivity contribution in [2.45, 2.75) is 25.4 Å². The Hall–Kier alpha value is -2.99. The van der Waals surface area contributed by atoms with Crippen molar-refractivity contribution in [1.82, 2.24) is 24.7 Å². The molecule has 3 fully saturated rings. The van der Waals surface area contributed by atoms with Gasteiger partial charge in [0.2, 0.25) is 0 Å². The second-order valence-corrected chi connectivity index (χ2v) is 10.9. The Bertz CT molecular complexity index is 1340. The second-order valence-electron chi connectivity index (χ2n) is 8.98. The number of urea groups is 1. The fourth-order valence-electron chi connectivity index (χ4n) is 4.26. The van der Waals surface area contributed by atoms with E-state index in [1.807, 2.05) is 12.1 Å². The van der Waals surface area contributed by atoms with Crippen molar-refractivity contribution in [2.24, 2.45) is 4.99 Å². The standard InChI is InChI=1S/C25H26N6O3S2/c32-23-22(14-20-15-26-16-35-20)36-25(31(23)24(33)27-18-1-2-18)28-19-3-4-21-17(13-19)5-6-30(21)8-7-29-9-11-34-12-10-29/h3-6,13-16,18H,1-2,7-12H2,(H,27,33). The molecule has 1 N–H and O–H groups in total. The molecule has 11 heteroatoms. The molecule has 3 aliphatic rings. The van der Waals surface area contributed by atoms with Crippen LogP contribution in [0.3, 0.4) is 0 Å². The van der Waals surface area contributed by atoms with Gasteiger partial charge in [-0.2, -0.15) is 0 Å². The average Bonchev–Trinajstić information content (AvgIpc) is 3.25. The number of hydrogen-bond donors (Lipinski definition) is 1. The minimum absolute atomic E-state index is 0.139. The highest BCUT2D eigenvalue weighted by Crippen LogP contribution is 2.36. The number of benzene rings is 1. The monoisotopic (exact) mass is 522 g/mol. The zero-order chi connectivity index (χ0) is 24.5. The number of thiazole rings is 1. The molecule has 186 valence electrons. The average molecular weight is 523 g/mol. The topological polar surface area (TPSA) is 92.1 Å². The lowest BCUT2D eigenvalue weighted by molar-refractivity contribution is -0.120. The van der Waals surface area contributed by atoms with Gasteiger partial charge in [-0.1, -0.05) is 0 Å². The number of carbonyl (C=O) groups is 2. The van der Waals surface area contributed by atoms with Gasteiger partial charge in [0.05, 0.1) is 29.3 Å². The van der Waals surface area contributed by atoms with Crippen molar-refractivity contribution in [1.29, 1.82) is 0 Å². The van der Waals surface area contributed by atoms with Gasteiger partial charge in [-0.05, 0) is 54.9 Å². The third-order valence-electron chi connectivity index (χ3n) is 6.38. The Balaban J connectivity index is 1.24. The minimum atomic E-state index is -0.420. The van der Waals surface area contributed by atoms with Gasteiger partial charge >= 0.3 is 6.03 Å². The maximum Gasteiger partial charge on any atom is 0.330 e. The molecule has 36 heavy (non-hydrogen) atoms. The normalized spacial score (nSPS) is 21.2. The number of amidine groups is 1. The minimum Gasteiger partial charge on any atom is -0.379 e. The van der Waals surface area contributed by atoms with Crippen molar-refractivity contribution in [2.75, 3.05) is 32.8 Å². The number of aliphatic imine (C=N–C) groups is 1. The van der Waals surface area contributed by atoms with Crippen molar-refractivity contribution in [3.63, 3.8) is 0 Å². The van der Waals surface area contributed by atoms with Crippen LogP contribution in [0.15, 0.2) is 52.1 Å². The zero-order valence-electron chi connectivity index (χ0n) is 19.6. The summed E-state index contributed by atoms with van der Waals surface area (Å²) in [5.41, 5.74) is 3.55. The van der Waals surface area contributed by atoms with E-state index in [9.17, 15) is 9.59 Å². The van der Waals surface area contributed by atoms with E-state index in [4.69, 9.17) is 9.73 Å². The van der Waals surface area contributed by atoms with Crippen LogP contribution in [0.25, 0.3) is 17.0 Å². The molecule has 1 saturated carbocycles. The summed E-state index contributed by atoms with van der Waals surface area (Å²) in [5, 5.41) is 4.35. The summed E-state index contributed by atoms with van der Waals surface area (Å²) in [7, 11) is 0. The summed E-state index contributed by atoms with van der Waals surface area (Å²) in [5.74, 6) is -0.361. The third-order valence-corrected chi connectivity index (χ3v) is 8.07. The number of aromatic nitrogens is 2. The first-order valence-electron chi connectivity index (χ1n) is 12.0. The van der Waals surface area contributed by atoms with E-state index in [1.165, 1.54) is 23.1 Å². The SMILES string of the molecule is O=C(NC1CC1)N1C(=O)C(=Cc2cncs2)SC1=Nc1ccc2c(ccn2CCN2CCOCC2)c1. The van der Waals surface area contributed by atoms with Gasteiger partial charge in [-0.25, -0.2) is 14.7 Å². The Labute approximate surface area is 216 Å². The van der Waals surface area contributed by atoms with Crippen LogP contribution in [0.5, 0.6) is 0 Å². The van der Waals surface area contributed by atoms with Crippen molar-refractivity contribution < 1.29 is 14.3 Å². The Morgan fingerprint density at radius 3 is 2.86 bits per heavy atom. The van der Waals surface area contributed by atoms with E-state index in [-0.39, 0.29) is 11.9 Å².